The summed E-state index contributed by atoms with van der Waals surface area (Å²) in [5.74, 6) is -0.287. The first-order chi connectivity index (χ1) is 13.4. The molecule has 2 aliphatic rings. The van der Waals surface area contributed by atoms with Gasteiger partial charge in [-0.25, -0.2) is 0 Å². The van der Waals surface area contributed by atoms with Gasteiger partial charge in [-0.2, -0.15) is 13.2 Å². The van der Waals surface area contributed by atoms with E-state index in [1.165, 1.54) is 12.1 Å². The summed E-state index contributed by atoms with van der Waals surface area (Å²) in [6.07, 6.45) is -2.28. The van der Waals surface area contributed by atoms with E-state index in [0.717, 1.165) is 36.2 Å². The molecule has 4 nitrogen and oxygen atoms in total. The van der Waals surface area contributed by atoms with E-state index in [9.17, 15) is 18.0 Å². The number of nitrogens with zero attached hydrogens (tertiary/aromatic N) is 2. The normalized spacial score (nSPS) is 22.1. The first-order valence-corrected chi connectivity index (χ1v) is 9.13. The second-order valence-electron chi connectivity index (χ2n) is 7.26. The molecule has 1 amide bonds. The predicted octanol–water partition coefficient (Wildman–Crippen LogP) is 4.50. The van der Waals surface area contributed by atoms with Crippen LogP contribution in [-0.2, 0) is 11.0 Å². The molecule has 4 rings (SSSR count). The maximum absolute atomic E-state index is 12.8. The molecule has 0 saturated carbocycles. The summed E-state index contributed by atoms with van der Waals surface area (Å²) in [6.45, 7) is 0.915. The molecule has 1 spiro atoms. The van der Waals surface area contributed by atoms with Gasteiger partial charge in [0, 0.05) is 18.5 Å². The Bertz CT molecular complexity index is 894. The molecule has 28 heavy (non-hydrogen) atoms. The van der Waals surface area contributed by atoms with Crippen molar-refractivity contribution in [1.29, 1.82) is 0 Å². The van der Waals surface area contributed by atoms with Gasteiger partial charge in [0.25, 0.3) is 5.91 Å². The van der Waals surface area contributed by atoms with Crippen LogP contribution < -0.4 is 0 Å². The van der Waals surface area contributed by atoms with Crippen molar-refractivity contribution in [3.05, 3.63) is 71.3 Å². The van der Waals surface area contributed by atoms with Gasteiger partial charge in [0.05, 0.1) is 17.8 Å². The number of carbonyl (C=O) groups excluding carboxylic acids is 1. The van der Waals surface area contributed by atoms with E-state index in [1.54, 1.807) is 4.90 Å². The molecule has 1 unspecified atom stereocenters. The molecule has 0 aromatic heterocycles. The minimum Gasteiger partial charge on any atom is -0.387 e. The Morgan fingerprint density at radius 3 is 2.46 bits per heavy atom. The van der Waals surface area contributed by atoms with Gasteiger partial charge in [-0.3, -0.25) is 4.79 Å². The van der Waals surface area contributed by atoms with Crippen molar-refractivity contribution in [3.63, 3.8) is 0 Å². The molecule has 2 heterocycles. The second-order valence-corrected chi connectivity index (χ2v) is 7.26. The third kappa shape index (κ3) is 3.61. The predicted molar refractivity (Wildman–Crippen MR) is 98.0 cm³/mol. The summed E-state index contributed by atoms with van der Waals surface area (Å²) in [5.41, 5.74) is 0.756. The Morgan fingerprint density at radius 2 is 1.79 bits per heavy atom. The summed E-state index contributed by atoms with van der Waals surface area (Å²) in [7, 11) is 0. The van der Waals surface area contributed by atoms with Crippen LogP contribution in [0.25, 0.3) is 0 Å². The van der Waals surface area contributed by atoms with Crippen molar-refractivity contribution in [3.8, 4) is 0 Å². The third-order valence-corrected chi connectivity index (χ3v) is 5.23. The first-order valence-electron chi connectivity index (χ1n) is 9.13. The van der Waals surface area contributed by atoms with Gasteiger partial charge in [-0.15, -0.1) is 0 Å². The molecule has 1 atom stereocenters. The summed E-state index contributed by atoms with van der Waals surface area (Å²) >= 11 is 0. The van der Waals surface area contributed by atoms with E-state index < -0.39 is 17.3 Å². The Kier molecular flexibility index (Phi) is 4.61. The largest absolute Gasteiger partial charge is 0.416 e. The third-order valence-electron chi connectivity index (χ3n) is 5.23. The molecule has 0 aliphatic carbocycles. The highest BCUT2D eigenvalue weighted by atomic mass is 19.4. The van der Waals surface area contributed by atoms with Crippen molar-refractivity contribution >= 4 is 11.6 Å². The highest BCUT2D eigenvalue weighted by Crippen LogP contribution is 2.35. The molecule has 2 aromatic carbocycles. The van der Waals surface area contributed by atoms with Crippen molar-refractivity contribution in [1.82, 2.24) is 4.90 Å². The average Bonchev–Trinajstić information content (AvgIpc) is 3.10. The Labute approximate surface area is 160 Å². The van der Waals surface area contributed by atoms with Crippen molar-refractivity contribution in [2.24, 2.45) is 5.16 Å². The number of hydrogen-bond acceptors (Lipinski definition) is 3. The Hall–Kier alpha value is -2.83. The van der Waals surface area contributed by atoms with Gasteiger partial charge in [-0.1, -0.05) is 35.5 Å². The topological polar surface area (TPSA) is 41.9 Å². The van der Waals surface area contributed by atoms with Crippen molar-refractivity contribution in [2.45, 2.75) is 31.0 Å². The van der Waals surface area contributed by atoms with Gasteiger partial charge < -0.3 is 9.74 Å². The molecule has 0 bridgehead atoms. The number of halogens is 3. The molecular formula is C21H19F3N2O2. The summed E-state index contributed by atoms with van der Waals surface area (Å²) in [4.78, 5) is 20.2. The molecule has 146 valence electrons. The van der Waals surface area contributed by atoms with Crippen LogP contribution in [0.4, 0.5) is 13.2 Å². The number of amides is 1. The Morgan fingerprint density at radius 1 is 1.07 bits per heavy atom. The monoisotopic (exact) mass is 388 g/mol. The maximum Gasteiger partial charge on any atom is 0.416 e. The summed E-state index contributed by atoms with van der Waals surface area (Å²) in [6, 6.07) is 14.1. The van der Waals surface area contributed by atoms with Gasteiger partial charge in [0.2, 0.25) is 0 Å². The molecule has 0 N–H and O–H groups in total. The smallest absolute Gasteiger partial charge is 0.387 e. The van der Waals surface area contributed by atoms with Crippen LogP contribution in [0.5, 0.6) is 0 Å². The zero-order valence-electron chi connectivity index (χ0n) is 15.1. The number of benzene rings is 2. The fourth-order valence-corrected chi connectivity index (χ4v) is 3.78. The fourth-order valence-electron chi connectivity index (χ4n) is 3.78. The number of oxime groups is 1. The molecular weight excluding hydrogens is 369 g/mol. The summed E-state index contributed by atoms with van der Waals surface area (Å²) in [5, 5.41) is 4.24. The highest BCUT2D eigenvalue weighted by Gasteiger charge is 2.44. The molecule has 2 aromatic rings. The van der Waals surface area contributed by atoms with Crippen LogP contribution in [0.15, 0.2) is 59.8 Å². The van der Waals surface area contributed by atoms with Crippen molar-refractivity contribution < 1.29 is 22.8 Å². The van der Waals surface area contributed by atoms with E-state index in [4.69, 9.17) is 4.84 Å². The first kappa shape index (κ1) is 18.5. The van der Waals surface area contributed by atoms with E-state index in [0.29, 0.717) is 19.5 Å². The number of likely N-dealkylation sites (tertiary alicyclic amines) is 1. The fraction of sp³-hybridized carbons (Fsp3) is 0.333. The standard InChI is InChI=1S/C21H19F3N2O2/c22-21(23,24)17-9-7-16(8-10-17)19(27)26-12-4-11-20(14-26)13-18(25-28-20)15-5-2-1-3-6-15/h1-3,5-10H,4,11-14H2. The van der Waals surface area contributed by atoms with Gasteiger partial charge in [0.1, 0.15) is 0 Å². The maximum atomic E-state index is 12.8. The van der Waals surface area contributed by atoms with Crippen molar-refractivity contribution in [2.75, 3.05) is 13.1 Å². The number of rotatable bonds is 2. The molecule has 0 radical (unpaired) electrons. The molecule has 1 saturated heterocycles. The zero-order valence-corrected chi connectivity index (χ0v) is 15.1. The number of piperidine rings is 1. The van der Waals surface area contributed by atoms with E-state index >= 15 is 0 Å². The van der Waals surface area contributed by atoms with Gasteiger partial charge >= 0.3 is 6.18 Å². The lowest BCUT2D eigenvalue weighted by Gasteiger charge is -2.38. The van der Waals surface area contributed by atoms with Crippen LogP contribution in [0.2, 0.25) is 0 Å². The second kappa shape index (κ2) is 6.96. The van der Waals surface area contributed by atoms with Gasteiger partial charge in [0.15, 0.2) is 5.60 Å². The molecule has 2 aliphatic heterocycles. The minimum atomic E-state index is -4.42. The van der Waals surface area contributed by atoms with Gasteiger partial charge in [-0.05, 0) is 42.7 Å². The van der Waals surface area contributed by atoms with E-state index in [2.05, 4.69) is 5.16 Å². The average molecular weight is 388 g/mol. The highest BCUT2D eigenvalue weighted by molar-refractivity contribution is 6.01. The molecule has 1 fully saturated rings. The van der Waals surface area contributed by atoms with Crippen LogP contribution in [0.1, 0.15) is 40.7 Å². The lowest BCUT2D eigenvalue weighted by molar-refractivity contribution is -0.137. The SMILES string of the molecule is O=C(c1ccc(C(F)(F)F)cc1)N1CCCC2(CC(c3ccccc3)=NO2)C1. The number of alkyl halides is 3. The molecule has 7 heteroatoms. The van der Waals surface area contributed by atoms with Crippen LogP contribution >= 0.6 is 0 Å². The van der Waals surface area contributed by atoms with E-state index in [-0.39, 0.29) is 11.5 Å². The Balaban J connectivity index is 1.46. The minimum absolute atomic E-state index is 0.243. The van der Waals surface area contributed by atoms with Crippen LogP contribution in [0.3, 0.4) is 0 Å². The number of hydrogen-bond donors (Lipinski definition) is 0. The summed E-state index contributed by atoms with van der Waals surface area (Å²) < 4.78 is 38.2. The van der Waals surface area contributed by atoms with Crippen LogP contribution in [0, 0.1) is 0 Å². The zero-order chi connectivity index (χ0) is 19.8. The lowest BCUT2D eigenvalue weighted by atomic mass is 9.86. The quantitative estimate of drug-likeness (QED) is 0.760. The van der Waals surface area contributed by atoms with E-state index in [1.807, 2.05) is 30.3 Å². The van der Waals surface area contributed by atoms with Crippen LogP contribution in [-0.4, -0.2) is 35.2 Å². The number of carbonyl (C=O) groups is 1. The lowest BCUT2D eigenvalue weighted by Crippen LogP contribution is -2.50.